The van der Waals surface area contributed by atoms with Crippen molar-refractivity contribution >= 4 is 0 Å². The molecule has 1 aromatic heterocycles. The largest absolute Gasteiger partial charge is 0.317 e. The lowest BCUT2D eigenvalue weighted by Crippen LogP contribution is -2.27. The van der Waals surface area contributed by atoms with Crippen molar-refractivity contribution in [1.82, 2.24) is 15.3 Å². The lowest BCUT2D eigenvalue weighted by molar-refractivity contribution is 0.534. The molecule has 0 bridgehead atoms. The first kappa shape index (κ1) is 13.1. The fraction of sp³-hybridized carbons (Fsp3) is 0.692. The van der Waals surface area contributed by atoms with Gasteiger partial charge in [-0.1, -0.05) is 20.8 Å². The zero-order valence-corrected chi connectivity index (χ0v) is 11.0. The third-order valence-electron chi connectivity index (χ3n) is 2.80. The molecule has 3 heteroatoms. The summed E-state index contributed by atoms with van der Waals surface area (Å²) in [6.45, 7) is 8.50. The molecule has 0 aliphatic heterocycles. The summed E-state index contributed by atoms with van der Waals surface area (Å²) in [5.74, 6) is 1.36. The van der Waals surface area contributed by atoms with Gasteiger partial charge in [-0.05, 0) is 26.5 Å². The number of aromatic nitrogens is 2. The maximum Gasteiger partial charge on any atom is 0.131 e. The van der Waals surface area contributed by atoms with Crippen LogP contribution < -0.4 is 5.32 Å². The smallest absolute Gasteiger partial charge is 0.131 e. The lowest BCUT2D eigenvalue weighted by Gasteiger charge is -2.14. The average molecular weight is 221 g/mol. The first-order chi connectivity index (χ1) is 7.56. The highest BCUT2D eigenvalue weighted by Gasteiger charge is 2.09. The van der Waals surface area contributed by atoms with Gasteiger partial charge in [0, 0.05) is 29.8 Å². The van der Waals surface area contributed by atoms with Crippen LogP contribution in [-0.2, 0) is 6.42 Å². The summed E-state index contributed by atoms with van der Waals surface area (Å²) in [4.78, 5) is 9.08. The molecular formula is C13H23N3. The van der Waals surface area contributed by atoms with Gasteiger partial charge in [0.05, 0.1) is 0 Å². The predicted molar refractivity (Wildman–Crippen MR) is 67.7 cm³/mol. The Bertz CT molecular complexity index is 330. The normalized spacial score (nSPS) is 13.1. The molecule has 1 aromatic rings. The Labute approximate surface area is 98.7 Å². The summed E-state index contributed by atoms with van der Waals surface area (Å²) < 4.78 is 0. The van der Waals surface area contributed by atoms with Gasteiger partial charge in [-0.3, -0.25) is 0 Å². The van der Waals surface area contributed by atoms with E-state index in [1.165, 1.54) is 0 Å². The Morgan fingerprint density at radius 2 is 2.00 bits per heavy atom. The second-order valence-electron chi connectivity index (χ2n) is 4.61. The van der Waals surface area contributed by atoms with Crippen LogP contribution in [0, 0.1) is 6.92 Å². The molecule has 0 radical (unpaired) electrons. The molecule has 16 heavy (non-hydrogen) atoms. The first-order valence-corrected chi connectivity index (χ1v) is 6.08. The summed E-state index contributed by atoms with van der Waals surface area (Å²) in [6.07, 6.45) is 2.10. The van der Waals surface area contributed by atoms with Crippen LogP contribution in [0.3, 0.4) is 0 Å². The summed E-state index contributed by atoms with van der Waals surface area (Å²) >= 11 is 0. The van der Waals surface area contributed by atoms with Gasteiger partial charge in [0.15, 0.2) is 0 Å². The second kappa shape index (κ2) is 5.94. The van der Waals surface area contributed by atoms with Gasteiger partial charge < -0.3 is 5.32 Å². The molecule has 0 amide bonds. The third-order valence-corrected chi connectivity index (χ3v) is 2.80. The third kappa shape index (κ3) is 3.56. The molecule has 1 heterocycles. The number of hydrogen-bond donors (Lipinski definition) is 1. The van der Waals surface area contributed by atoms with Crippen molar-refractivity contribution in [3.8, 4) is 0 Å². The van der Waals surface area contributed by atoms with E-state index in [0.717, 1.165) is 30.1 Å². The quantitative estimate of drug-likeness (QED) is 0.830. The van der Waals surface area contributed by atoms with Crippen LogP contribution in [0.25, 0.3) is 0 Å². The van der Waals surface area contributed by atoms with E-state index in [2.05, 4.69) is 42.1 Å². The number of aryl methyl sites for hydroxylation is 1. The number of nitrogens with one attached hydrogen (secondary N) is 1. The van der Waals surface area contributed by atoms with Crippen LogP contribution in [0.15, 0.2) is 6.07 Å². The minimum atomic E-state index is 0.397. The number of nitrogens with zero attached hydrogens (tertiary/aromatic N) is 2. The molecule has 0 saturated heterocycles. The van der Waals surface area contributed by atoms with Crippen molar-refractivity contribution in [2.45, 2.75) is 52.5 Å². The van der Waals surface area contributed by atoms with Crippen molar-refractivity contribution < 1.29 is 0 Å². The van der Waals surface area contributed by atoms with Gasteiger partial charge in [0.25, 0.3) is 0 Å². The number of hydrogen-bond acceptors (Lipinski definition) is 3. The van der Waals surface area contributed by atoms with E-state index in [9.17, 15) is 0 Å². The van der Waals surface area contributed by atoms with E-state index in [4.69, 9.17) is 0 Å². The SMILES string of the molecule is CCC(Cc1cc(C)nc(C(C)C)n1)NC. The molecule has 0 aliphatic rings. The van der Waals surface area contributed by atoms with Gasteiger partial charge in [-0.2, -0.15) is 0 Å². The van der Waals surface area contributed by atoms with Gasteiger partial charge >= 0.3 is 0 Å². The Morgan fingerprint density at radius 3 is 2.50 bits per heavy atom. The second-order valence-corrected chi connectivity index (χ2v) is 4.61. The van der Waals surface area contributed by atoms with Crippen molar-refractivity contribution in [3.05, 3.63) is 23.3 Å². The van der Waals surface area contributed by atoms with Crippen molar-refractivity contribution in [1.29, 1.82) is 0 Å². The van der Waals surface area contributed by atoms with Gasteiger partial charge in [0.2, 0.25) is 0 Å². The van der Waals surface area contributed by atoms with Crippen LogP contribution in [0.2, 0.25) is 0 Å². The fourth-order valence-electron chi connectivity index (χ4n) is 1.72. The summed E-state index contributed by atoms with van der Waals surface area (Å²) in [5.41, 5.74) is 2.22. The highest BCUT2D eigenvalue weighted by atomic mass is 14.9. The molecule has 1 rings (SSSR count). The molecule has 3 nitrogen and oxygen atoms in total. The molecule has 1 unspecified atom stereocenters. The molecular weight excluding hydrogens is 198 g/mol. The zero-order valence-electron chi connectivity index (χ0n) is 11.0. The summed E-state index contributed by atoms with van der Waals surface area (Å²) in [6, 6.07) is 2.60. The minimum absolute atomic E-state index is 0.397. The number of likely N-dealkylation sites (N-methyl/N-ethyl adjacent to an activating group) is 1. The highest BCUT2D eigenvalue weighted by Crippen LogP contribution is 2.12. The van der Waals surface area contributed by atoms with E-state index in [1.807, 2.05) is 14.0 Å². The maximum absolute atomic E-state index is 4.62. The van der Waals surface area contributed by atoms with Crippen LogP contribution >= 0.6 is 0 Å². The Kier molecular flexibility index (Phi) is 4.87. The minimum Gasteiger partial charge on any atom is -0.317 e. The zero-order chi connectivity index (χ0) is 12.1. The topological polar surface area (TPSA) is 37.8 Å². The molecule has 0 aliphatic carbocycles. The Balaban J connectivity index is 2.87. The average Bonchev–Trinajstić information content (AvgIpc) is 2.25. The van der Waals surface area contributed by atoms with Crippen molar-refractivity contribution in [3.63, 3.8) is 0 Å². The van der Waals surface area contributed by atoms with Crippen LogP contribution in [-0.4, -0.2) is 23.1 Å². The van der Waals surface area contributed by atoms with E-state index in [1.54, 1.807) is 0 Å². The number of rotatable bonds is 5. The van der Waals surface area contributed by atoms with Gasteiger partial charge in [-0.25, -0.2) is 9.97 Å². The molecule has 0 fully saturated rings. The molecule has 0 aromatic carbocycles. The van der Waals surface area contributed by atoms with Crippen LogP contribution in [0.5, 0.6) is 0 Å². The van der Waals surface area contributed by atoms with E-state index >= 15 is 0 Å². The van der Waals surface area contributed by atoms with Crippen molar-refractivity contribution in [2.24, 2.45) is 0 Å². The fourth-order valence-corrected chi connectivity index (χ4v) is 1.72. The Hall–Kier alpha value is -0.960. The van der Waals surface area contributed by atoms with Crippen LogP contribution in [0.1, 0.15) is 50.3 Å². The van der Waals surface area contributed by atoms with Gasteiger partial charge in [-0.15, -0.1) is 0 Å². The predicted octanol–water partition coefficient (Wildman–Crippen LogP) is 2.45. The van der Waals surface area contributed by atoms with E-state index in [-0.39, 0.29) is 0 Å². The van der Waals surface area contributed by atoms with Crippen LogP contribution in [0.4, 0.5) is 0 Å². The van der Waals surface area contributed by atoms with E-state index in [0.29, 0.717) is 12.0 Å². The monoisotopic (exact) mass is 221 g/mol. The molecule has 1 N–H and O–H groups in total. The van der Waals surface area contributed by atoms with E-state index < -0.39 is 0 Å². The molecule has 0 spiro atoms. The van der Waals surface area contributed by atoms with Gasteiger partial charge in [0.1, 0.15) is 5.82 Å². The van der Waals surface area contributed by atoms with Crippen molar-refractivity contribution in [2.75, 3.05) is 7.05 Å². The molecule has 1 atom stereocenters. The summed E-state index contributed by atoms with van der Waals surface area (Å²) in [5, 5.41) is 3.31. The maximum atomic E-state index is 4.62. The molecule has 0 saturated carbocycles. The Morgan fingerprint density at radius 1 is 1.31 bits per heavy atom. The highest BCUT2D eigenvalue weighted by molar-refractivity contribution is 5.12. The standard InChI is InChI=1S/C13H23N3/c1-6-11(14-5)8-12-7-10(4)15-13(16-12)9(2)3/h7,9,11,14H,6,8H2,1-5H3. The molecule has 90 valence electrons. The first-order valence-electron chi connectivity index (χ1n) is 6.08. The lowest BCUT2D eigenvalue weighted by atomic mass is 10.1. The summed E-state index contributed by atoms with van der Waals surface area (Å²) in [7, 11) is 2.01.